The van der Waals surface area contributed by atoms with Crippen LogP contribution in [-0.2, 0) is 10.2 Å². The zero-order chi connectivity index (χ0) is 13.4. The molecule has 0 radical (unpaired) electrons. The molecule has 18 heavy (non-hydrogen) atoms. The summed E-state index contributed by atoms with van der Waals surface area (Å²) in [5.41, 5.74) is 0. The Hall–Kier alpha value is -0.210. The van der Waals surface area contributed by atoms with Crippen molar-refractivity contribution in [1.82, 2.24) is 19.2 Å². The minimum Gasteiger partial charge on any atom is -0.314 e. The molecule has 0 aromatic rings. The number of hydrogen-bond acceptors (Lipinski definition) is 4. The van der Waals surface area contributed by atoms with Crippen LogP contribution in [0.1, 0.15) is 19.8 Å². The summed E-state index contributed by atoms with van der Waals surface area (Å²) in [6.07, 6.45) is 1.69. The van der Waals surface area contributed by atoms with Gasteiger partial charge in [0.15, 0.2) is 0 Å². The van der Waals surface area contributed by atoms with Crippen LogP contribution in [-0.4, -0.2) is 70.5 Å². The number of piperazine rings is 1. The zero-order valence-electron chi connectivity index (χ0n) is 11.5. The Kier molecular flexibility index (Phi) is 7.10. The maximum absolute atomic E-state index is 11.8. The van der Waals surface area contributed by atoms with Crippen LogP contribution in [0.3, 0.4) is 0 Å². The molecule has 0 aromatic carbocycles. The van der Waals surface area contributed by atoms with Gasteiger partial charge in [-0.05, 0) is 19.4 Å². The number of rotatable bonds is 8. The Bertz CT molecular complexity index is 315. The molecule has 0 aromatic heterocycles. The van der Waals surface area contributed by atoms with Crippen LogP contribution in [0.25, 0.3) is 0 Å². The van der Waals surface area contributed by atoms with Crippen molar-refractivity contribution in [3.05, 3.63) is 0 Å². The van der Waals surface area contributed by atoms with Crippen LogP contribution in [0.2, 0.25) is 0 Å². The van der Waals surface area contributed by atoms with E-state index in [0.717, 1.165) is 45.6 Å². The molecule has 1 saturated heterocycles. The highest BCUT2D eigenvalue weighted by Gasteiger charge is 2.15. The van der Waals surface area contributed by atoms with E-state index in [1.165, 1.54) is 4.31 Å². The first-order valence-electron chi connectivity index (χ1n) is 6.70. The Morgan fingerprint density at radius 2 is 2.00 bits per heavy atom. The highest BCUT2D eigenvalue weighted by molar-refractivity contribution is 7.87. The molecule has 7 heteroatoms. The average molecular weight is 278 g/mol. The van der Waals surface area contributed by atoms with Gasteiger partial charge >= 0.3 is 0 Å². The van der Waals surface area contributed by atoms with Gasteiger partial charge in [-0.2, -0.15) is 12.7 Å². The van der Waals surface area contributed by atoms with Crippen LogP contribution >= 0.6 is 0 Å². The molecule has 1 heterocycles. The normalized spacial score (nSPS) is 18.4. The monoisotopic (exact) mass is 278 g/mol. The fourth-order valence-corrected chi connectivity index (χ4v) is 3.03. The van der Waals surface area contributed by atoms with Gasteiger partial charge in [0.05, 0.1) is 0 Å². The second-order valence-corrected chi connectivity index (χ2v) is 6.53. The van der Waals surface area contributed by atoms with Crippen molar-refractivity contribution in [2.24, 2.45) is 0 Å². The molecule has 6 nitrogen and oxygen atoms in total. The molecule has 0 aliphatic carbocycles. The third kappa shape index (κ3) is 5.62. The van der Waals surface area contributed by atoms with Crippen molar-refractivity contribution in [2.75, 3.05) is 52.9 Å². The van der Waals surface area contributed by atoms with Crippen molar-refractivity contribution in [1.29, 1.82) is 0 Å². The molecule has 0 atom stereocenters. The molecule has 1 rings (SSSR count). The number of nitrogens with zero attached hydrogens (tertiary/aromatic N) is 2. The SMILES string of the molecule is CCCN(C)S(=O)(=O)NCCCN1CCNCC1. The maximum atomic E-state index is 11.8. The van der Waals surface area contributed by atoms with Crippen LogP contribution < -0.4 is 10.0 Å². The summed E-state index contributed by atoms with van der Waals surface area (Å²) in [4.78, 5) is 2.36. The smallest absolute Gasteiger partial charge is 0.279 e. The summed E-state index contributed by atoms with van der Waals surface area (Å²) in [5.74, 6) is 0. The third-order valence-electron chi connectivity index (χ3n) is 3.09. The first kappa shape index (κ1) is 15.8. The van der Waals surface area contributed by atoms with Crippen LogP contribution in [0.4, 0.5) is 0 Å². The van der Waals surface area contributed by atoms with Crippen LogP contribution in [0.5, 0.6) is 0 Å². The Balaban J connectivity index is 2.16. The average Bonchev–Trinajstić information content (AvgIpc) is 2.36. The van der Waals surface area contributed by atoms with Crippen molar-refractivity contribution in [3.63, 3.8) is 0 Å². The van der Waals surface area contributed by atoms with E-state index >= 15 is 0 Å². The van der Waals surface area contributed by atoms with Gasteiger partial charge in [-0.3, -0.25) is 0 Å². The molecule has 0 amide bonds. The predicted molar refractivity (Wildman–Crippen MR) is 73.8 cm³/mol. The number of hydrogen-bond donors (Lipinski definition) is 2. The fourth-order valence-electron chi connectivity index (χ4n) is 1.98. The highest BCUT2D eigenvalue weighted by Crippen LogP contribution is 1.97. The second kappa shape index (κ2) is 8.06. The topological polar surface area (TPSA) is 64.7 Å². The Labute approximate surface area is 111 Å². The van der Waals surface area contributed by atoms with E-state index in [-0.39, 0.29) is 0 Å². The van der Waals surface area contributed by atoms with Crippen molar-refractivity contribution in [2.45, 2.75) is 19.8 Å². The molecule has 2 N–H and O–H groups in total. The van der Waals surface area contributed by atoms with E-state index in [4.69, 9.17) is 0 Å². The predicted octanol–water partition coefficient (Wildman–Crippen LogP) is -0.542. The van der Waals surface area contributed by atoms with Gasteiger partial charge in [-0.1, -0.05) is 6.92 Å². The summed E-state index contributed by atoms with van der Waals surface area (Å²) < 4.78 is 27.5. The van der Waals surface area contributed by atoms with E-state index < -0.39 is 10.2 Å². The molecule has 1 aliphatic heterocycles. The first-order chi connectivity index (χ1) is 8.56. The van der Waals surface area contributed by atoms with Gasteiger partial charge in [0.2, 0.25) is 0 Å². The number of nitrogens with one attached hydrogen (secondary N) is 2. The lowest BCUT2D eigenvalue weighted by atomic mass is 10.3. The minimum atomic E-state index is -3.27. The molecular formula is C11H26N4O2S. The lowest BCUT2D eigenvalue weighted by molar-refractivity contribution is 0.239. The summed E-state index contributed by atoms with van der Waals surface area (Å²) >= 11 is 0. The molecule has 1 aliphatic rings. The summed E-state index contributed by atoms with van der Waals surface area (Å²) in [5, 5.41) is 3.30. The zero-order valence-corrected chi connectivity index (χ0v) is 12.3. The Morgan fingerprint density at radius 1 is 1.33 bits per heavy atom. The standard InChI is InChI=1S/C11H26N4O2S/c1-3-8-14(2)18(16,17)13-5-4-9-15-10-6-12-7-11-15/h12-13H,3-11H2,1-2H3. The first-order valence-corrected chi connectivity index (χ1v) is 8.14. The van der Waals surface area contributed by atoms with Crippen molar-refractivity contribution in [3.8, 4) is 0 Å². The van der Waals surface area contributed by atoms with Gasteiger partial charge in [0, 0.05) is 46.3 Å². The van der Waals surface area contributed by atoms with Gasteiger partial charge in [-0.25, -0.2) is 4.72 Å². The molecule has 0 bridgehead atoms. The maximum Gasteiger partial charge on any atom is 0.279 e. The van der Waals surface area contributed by atoms with E-state index in [1.807, 2.05) is 6.92 Å². The summed E-state index contributed by atoms with van der Waals surface area (Å²) in [6, 6.07) is 0. The molecular weight excluding hydrogens is 252 g/mol. The van der Waals surface area contributed by atoms with E-state index in [0.29, 0.717) is 13.1 Å². The van der Waals surface area contributed by atoms with E-state index in [9.17, 15) is 8.42 Å². The molecule has 0 saturated carbocycles. The van der Waals surface area contributed by atoms with Crippen LogP contribution in [0.15, 0.2) is 0 Å². The molecule has 0 unspecified atom stereocenters. The van der Waals surface area contributed by atoms with Gasteiger partial charge in [0.1, 0.15) is 0 Å². The van der Waals surface area contributed by atoms with Crippen molar-refractivity contribution >= 4 is 10.2 Å². The van der Waals surface area contributed by atoms with E-state index in [1.54, 1.807) is 7.05 Å². The van der Waals surface area contributed by atoms with Gasteiger partial charge < -0.3 is 10.2 Å². The van der Waals surface area contributed by atoms with Crippen LogP contribution in [0, 0.1) is 0 Å². The summed E-state index contributed by atoms with van der Waals surface area (Å²) in [7, 11) is -1.66. The highest BCUT2D eigenvalue weighted by atomic mass is 32.2. The third-order valence-corrected chi connectivity index (χ3v) is 4.67. The van der Waals surface area contributed by atoms with Gasteiger partial charge in [0.25, 0.3) is 10.2 Å². The van der Waals surface area contributed by atoms with Gasteiger partial charge in [-0.15, -0.1) is 0 Å². The fraction of sp³-hybridized carbons (Fsp3) is 1.00. The lowest BCUT2D eigenvalue weighted by Gasteiger charge is -2.27. The molecule has 1 fully saturated rings. The molecule has 108 valence electrons. The summed E-state index contributed by atoms with van der Waals surface area (Å²) in [6.45, 7) is 8.19. The largest absolute Gasteiger partial charge is 0.314 e. The Morgan fingerprint density at radius 3 is 2.61 bits per heavy atom. The quantitative estimate of drug-likeness (QED) is 0.585. The van der Waals surface area contributed by atoms with Crippen molar-refractivity contribution < 1.29 is 8.42 Å². The second-order valence-electron chi connectivity index (χ2n) is 4.67. The molecule has 0 spiro atoms. The van der Waals surface area contributed by atoms with E-state index in [2.05, 4.69) is 14.9 Å². The minimum absolute atomic E-state index is 0.514. The lowest BCUT2D eigenvalue weighted by Crippen LogP contribution is -2.44.